The summed E-state index contributed by atoms with van der Waals surface area (Å²) in [4.78, 5) is 27.1. The van der Waals surface area contributed by atoms with Crippen molar-refractivity contribution in [3.05, 3.63) is 0 Å². The van der Waals surface area contributed by atoms with Crippen LogP contribution in [0.4, 0.5) is 4.79 Å². The van der Waals surface area contributed by atoms with Crippen LogP contribution in [-0.2, 0) is 19.5 Å². The molecule has 2 unspecified atom stereocenters. The molecule has 0 aromatic heterocycles. The fourth-order valence-electron chi connectivity index (χ4n) is 1.58. The molecule has 1 aliphatic heterocycles. The van der Waals surface area contributed by atoms with Crippen LogP contribution in [0.5, 0.6) is 0 Å². The van der Waals surface area contributed by atoms with Crippen molar-refractivity contribution < 1.29 is 22.8 Å². The Bertz CT molecular complexity index is 407. The molecule has 0 saturated carbocycles. The molecule has 0 N–H and O–H groups in total. The number of hydrogen-bond donors (Lipinski definition) is 0. The van der Waals surface area contributed by atoms with E-state index in [0.717, 1.165) is 5.06 Å². The van der Waals surface area contributed by atoms with Crippen LogP contribution < -0.4 is 0 Å². The quantitative estimate of drug-likeness (QED) is 0.551. The maximum absolute atomic E-state index is 11.7. The molecule has 1 amide bonds. The van der Waals surface area contributed by atoms with Gasteiger partial charge in [-0.25, -0.2) is 13.2 Å². The maximum atomic E-state index is 11.7. The molecule has 0 aromatic rings. The van der Waals surface area contributed by atoms with Crippen molar-refractivity contribution >= 4 is 42.3 Å². The first-order valence-electron chi connectivity index (χ1n) is 4.71. The van der Waals surface area contributed by atoms with Gasteiger partial charge in [0.25, 0.3) is 5.91 Å². The lowest BCUT2D eigenvalue weighted by molar-refractivity contribution is -0.161. The van der Waals surface area contributed by atoms with Gasteiger partial charge in [-0.2, -0.15) is 5.06 Å². The summed E-state index contributed by atoms with van der Waals surface area (Å²) in [6, 6.07) is -0.405. The minimum atomic E-state index is -3.43. The lowest BCUT2D eigenvalue weighted by Crippen LogP contribution is -2.36. The number of sulfone groups is 1. The Labute approximate surface area is 107 Å². The number of nitrogens with zero attached hydrogens (tertiary/aromatic N) is 1. The molecule has 0 spiro atoms. The zero-order chi connectivity index (χ0) is 12.5. The molecule has 6 nitrogen and oxygen atoms in total. The molecule has 1 heterocycles. The average molecular weight is 361 g/mol. The number of rotatable bonds is 3. The Kier molecular flexibility index (Phi) is 4.16. The molecule has 1 fully saturated rings. The summed E-state index contributed by atoms with van der Waals surface area (Å²) < 4.78 is 22.5. The van der Waals surface area contributed by atoms with Gasteiger partial charge in [-0.05, 0) is 13.3 Å². The number of carbonyl (C=O) groups is 2. The minimum absolute atomic E-state index is 0.0951. The number of halogens is 1. The predicted molar refractivity (Wildman–Crippen MR) is 64.7 cm³/mol. The lowest BCUT2D eigenvalue weighted by atomic mass is 10.2. The molecular formula is C8H12INO5S. The lowest BCUT2D eigenvalue weighted by Gasteiger charge is -2.17. The van der Waals surface area contributed by atoms with Crippen molar-refractivity contribution in [2.24, 2.45) is 0 Å². The molecule has 2 atom stereocenters. The highest BCUT2D eigenvalue weighted by molar-refractivity contribution is 14.1. The van der Waals surface area contributed by atoms with E-state index in [-0.39, 0.29) is 12.2 Å². The summed E-state index contributed by atoms with van der Waals surface area (Å²) in [6.45, 7) is 3.13. The van der Waals surface area contributed by atoms with Crippen LogP contribution in [0.15, 0.2) is 0 Å². The predicted octanol–water partition coefficient (Wildman–Crippen LogP) is 0.897. The van der Waals surface area contributed by atoms with Crippen molar-refractivity contribution in [3.8, 4) is 0 Å². The Balaban J connectivity index is 2.90. The second-order valence-corrected chi connectivity index (χ2v) is 6.87. The number of carbonyl (C=O) groups excluding carboxylic acids is 2. The van der Waals surface area contributed by atoms with E-state index >= 15 is 0 Å². The average Bonchev–Trinajstić information content (AvgIpc) is 2.46. The fourth-order valence-corrected chi connectivity index (χ4v) is 3.18. The molecule has 1 rings (SSSR count). The van der Waals surface area contributed by atoms with Crippen LogP contribution >= 0.6 is 22.6 Å². The smallest absolute Gasteiger partial charge is 0.327 e. The third-order valence-corrected chi connectivity index (χ3v) is 4.72. The van der Waals surface area contributed by atoms with Crippen molar-refractivity contribution in [1.29, 1.82) is 0 Å². The summed E-state index contributed by atoms with van der Waals surface area (Å²) in [7, 11) is -3.43. The van der Waals surface area contributed by atoms with Crippen LogP contribution in [-0.4, -0.2) is 40.4 Å². The third-order valence-electron chi connectivity index (χ3n) is 2.45. The molecule has 0 aliphatic carbocycles. The summed E-state index contributed by atoms with van der Waals surface area (Å²) in [5, 5.41) is -0.227. The van der Waals surface area contributed by atoms with Crippen molar-refractivity contribution in [2.75, 3.05) is 5.75 Å². The molecule has 0 bridgehead atoms. The molecule has 1 aliphatic rings. The summed E-state index contributed by atoms with van der Waals surface area (Å²) >= 11 is 1.38. The second kappa shape index (κ2) is 4.86. The largest absolute Gasteiger partial charge is 0.391 e. The van der Waals surface area contributed by atoms with Gasteiger partial charge < -0.3 is 4.84 Å². The molecule has 1 saturated heterocycles. The van der Waals surface area contributed by atoms with E-state index in [1.165, 1.54) is 29.5 Å². The van der Waals surface area contributed by atoms with Gasteiger partial charge in [0.1, 0.15) is 5.25 Å². The Morgan fingerprint density at radius 3 is 2.62 bits per heavy atom. The topological polar surface area (TPSA) is 80.8 Å². The van der Waals surface area contributed by atoms with E-state index in [9.17, 15) is 18.0 Å². The van der Waals surface area contributed by atoms with Crippen LogP contribution in [0.25, 0.3) is 0 Å². The first kappa shape index (κ1) is 13.7. The first-order valence-corrected chi connectivity index (χ1v) is 7.51. The third kappa shape index (κ3) is 2.65. The van der Waals surface area contributed by atoms with Crippen LogP contribution in [0.3, 0.4) is 0 Å². The summed E-state index contributed by atoms with van der Waals surface area (Å²) in [6.07, 6.45) is 0.166. The maximum Gasteiger partial charge on any atom is 0.391 e. The normalized spacial score (nSPS) is 25.9. The number of hydrogen-bond acceptors (Lipinski definition) is 5. The van der Waals surface area contributed by atoms with Gasteiger partial charge in [-0.15, -0.1) is 0 Å². The Morgan fingerprint density at radius 2 is 2.19 bits per heavy atom. The van der Waals surface area contributed by atoms with E-state index in [0.29, 0.717) is 0 Å². The Hall–Kier alpha value is -0.380. The van der Waals surface area contributed by atoms with Gasteiger partial charge in [0.2, 0.25) is 0 Å². The van der Waals surface area contributed by atoms with E-state index < -0.39 is 31.0 Å². The first-order chi connectivity index (χ1) is 7.29. The van der Waals surface area contributed by atoms with Crippen molar-refractivity contribution in [3.63, 3.8) is 0 Å². The second-order valence-electron chi connectivity index (χ2n) is 3.52. The van der Waals surface area contributed by atoms with Gasteiger partial charge in [0.15, 0.2) is 9.84 Å². The molecule has 92 valence electrons. The SMILES string of the molecule is CCS(=O)(=O)C1CC(C)N(OC(=O)I)C1=O. The summed E-state index contributed by atoms with van der Waals surface area (Å²) in [5.41, 5.74) is 0. The van der Waals surface area contributed by atoms with Crippen molar-refractivity contribution in [2.45, 2.75) is 31.6 Å². The summed E-state index contributed by atoms with van der Waals surface area (Å²) in [5.74, 6) is -0.748. The fraction of sp³-hybridized carbons (Fsp3) is 0.750. The number of hydroxylamine groups is 2. The number of amides is 1. The van der Waals surface area contributed by atoms with Gasteiger partial charge >= 0.3 is 3.98 Å². The zero-order valence-electron chi connectivity index (χ0n) is 8.84. The van der Waals surface area contributed by atoms with Crippen LogP contribution in [0, 0.1) is 0 Å². The highest BCUT2D eigenvalue weighted by Crippen LogP contribution is 2.25. The van der Waals surface area contributed by atoms with E-state index in [1.54, 1.807) is 6.92 Å². The monoisotopic (exact) mass is 361 g/mol. The molecule has 0 aromatic carbocycles. The van der Waals surface area contributed by atoms with Gasteiger partial charge in [0, 0.05) is 5.75 Å². The van der Waals surface area contributed by atoms with Crippen LogP contribution in [0.1, 0.15) is 20.3 Å². The Morgan fingerprint density at radius 1 is 1.62 bits per heavy atom. The highest BCUT2D eigenvalue weighted by atomic mass is 127. The molecular weight excluding hydrogens is 349 g/mol. The minimum Gasteiger partial charge on any atom is -0.327 e. The van der Waals surface area contributed by atoms with E-state index in [4.69, 9.17) is 0 Å². The van der Waals surface area contributed by atoms with Gasteiger partial charge in [-0.1, -0.05) is 6.92 Å². The van der Waals surface area contributed by atoms with Crippen LogP contribution in [0.2, 0.25) is 0 Å². The van der Waals surface area contributed by atoms with E-state index in [1.807, 2.05) is 0 Å². The standard InChI is InChI=1S/C8H12INO5S/c1-3-16(13,14)6-4-5(2)10(7(6)11)15-8(9)12/h5-6H,3-4H2,1-2H3. The molecule has 8 heteroatoms. The van der Waals surface area contributed by atoms with E-state index in [2.05, 4.69) is 4.84 Å². The molecule has 16 heavy (non-hydrogen) atoms. The van der Waals surface area contributed by atoms with Gasteiger partial charge in [0.05, 0.1) is 28.6 Å². The highest BCUT2D eigenvalue weighted by Gasteiger charge is 2.46. The molecule has 0 radical (unpaired) electrons. The van der Waals surface area contributed by atoms with Crippen molar-refractivity contribution in [1.82, 2.24) is 5.06 Å². The zero-order valence-corrected chi connectivity index (χ0v) is 11.8. The van der Waals surface area contributed by atoms with Gasteiger partial charge in [-0.3, -0.25) is 4.79 Å².